The second-order valence-corrected chi connectivity index (χ2v) is 10.4. The molecule has 1 aromatic heterocycles. The largest absolute Gasteiger partial charge is 0.493 e. The molecule has 1 N–H and O–H groups in total. The summed E-state index contributed by atoms with van der Waals surface area (Å²) in [6, 6.07) is 8.83. The number of carboxylic acid groups (broad SMARTS) is 1. The maximum atomic E-state index is 14.0. The van der Waals surface area contributed by atoms with Gasteiger partial charge >= 0.3 is 17.9 Å². The number of fused-ring (bicyclic) bond motifs is 1. The maximum Gasteiger partial charge on any atom is 0.343 e. The number of aliphatic carboxylic acids is 1. The molecule has 4 rings (SSSR count). The number of carbonyl (C=O) groups is 3. The first-order valence-electron chi connectivity index (χ1n) is 13.8. The monoisotopic (exact) mass is 640 g/mol. The van der Waals surface area contributed by atoms with E-state index in [-0.39, 0.29) is 42.6 Å². The molecule has 0 aliphatic carbocycles. The molecule has 1 aliphatic rings. The minimum atomic E-state index is -1.13. The van der Waals surface area contributed by atoms with Crippen molar-refractivity contribution in [3.05, 3.63) is 78.5 Å². The van der Waals surface area contributed by atoms with Gasteiger partial charge in [-0.3, -0.25) is 9.36 Å². The van der Waals surface area contributed by atoms with Gasteiger partial charge in [-0.1, -0.05) is 23.5 Å². The van der Waals surface area contributed by atoms with Crippen molar-refractivity contribution in [1.29, 1.82) is 0 Å². The molecule has 13 nitrogen and oxygen atoms in total. The number of carbonyl (C=O) groups excluding carboxylic acids is 2. The molecular weight excluding hydrogens is 608 g/mol. The van der Waals surface area contributed by atoms with Crippen LogP contribution in [0.15, 0.2) is 57.5 Å². The van der Waals surface area contributed by atoms with Crippen molar-refractivity contribution in [1.82, 2.24) is 4.57 Å². The molecule has 2 aromatic carbocycles. The number of rotatable bonds is 13. The number of aromatic nitrogens is 1. The molecule has 238 valence electrons. The van der Waals surface area contributed by atoms with E-state index in [2.05, 4.69) is 9.73 Å². The Morgan fingerprint density at radius 2 is 1.67 bits per heavy atom. The number of carboxylic acids is 1. The standard InChI is InChI=1S/C31H32N2O11S/c1-6-41-23-14-19(9-11-21(23)44-16-26(36)40-5)28-27(30(38)42-7-2)17(3)32-31-33(28)29(37)24(45-31)13-18-8-10-20(22(12-18)39-4)43-15-25(34)35/h8-14,28H,6-7,15-16H2,1-5H3,(H,34,35)/b24-13-/t28-/m1/s1. The summed E-state index contributed by atoms with van der Waals surface area (Å²) < 4.78 is 33.8. The van der Waals surface area contributed by atoms with E-state index in [1.54, 1.807) is 63.2 Å². The van der Waals surface area contributed by atoms with E-state index < -0.39 is 36.1 Å². The van der Waals surface area contributed by atoms with E-state index in [0.29, 0.717) is 31.9 Å². The van der Waals surface area contributed by atoms with Crippen LogP contribution >= 0.6 is 11.3 Å². The fraction of sp³-hybridized carbons (Fsp3) is 0.323. The van der Waals surface area contributed by atoms with Gasteiger partial charge in [0.1, 0.15) is 0 Å². The van der Waals surface area contributed by atoms with Gasteiger partial charge in [0.25, 0.3) is 5.56 Å². The zero-order valence-electron chi connectivity index (χ0n) is 25.3. The van der Waals surface area contributed by atoms with Crippen LogP contribution in [0.2, 0.25) is 0 Å². The average Bonchev–Trinajstić information content (AvgIpc) is 3.32. The predicted molar refractivity (Wildman–Crippen MR) is 162 cm³/mol. The highest BCUT2D eigenvalue weighted by atomic mass is 32.1. The predicted octanol–water partition coefficient (Wildman–Crippen LogP) is 2.22. The van der Waals surface area contributed by atoms with Crippen LogP contribution < -0.4 is 33.8 Å². The maximum absolute atomic E-state index is 14.0. The second-order valence-electron chi connectivity index (χ2n) is 9.40. The highest BCUT2D eigenvalue weighted by Gasteiger charge is 2.34. The van der Waals surface area contributed by atoms with Gasteiger partial charge in [0.2, 0.25) is 0 Å². The second kappa shape index (κ2) is 14.6. The number of hydrogen-bond acceptors (Lipinski definition) is 12. The Morgan fingerprint density at radius 1 is 0.956 bits per heavy atom. The quantitative estimate of drug-likeness (QED) is 0.273. The molecule has 0 amide bonds. The molecule has 3 aromatic rings. The van der Waals surface area contributed by atoms with Crippen molar-refractivity contribution >= 4 is 35.3 Å². The number of ether oxygens (including phenoxy) is 6. The van der Waals surface area contributed by atoms with Crippen molar-refractivity contribution in [2.45, 2.75) is 26.8 Å². The molecule has 14 heteroatoms. The van der Waals surface area contributed by atoms with Crippen LogP contribution in [0.4, 0.5) is 0 Å². The normalized spacial score (nSPS) is 14.2. The molecule has 0 bridgehead atoms. The number of esters is 2. The summed E-state index contributed by atoms with van der Waals surface area (Å²) in [4.78, 5) is 54.8. The topological polar surface area (TPSA) is 161 Å². The summed E-state index contributed by atoms with van der Waals surface area (Å²) in [6.45, 7) is 4.66. The van der Waals surface area contributed by atoms with Crippen LogP contribution in [-0.4, -0.2) is 68.2 Å². The fourth-order valence-electron chi connectivity index (χ4n) is 4.57. The van der Waals surface area contributed by atoms with Crippen LogP contribution in [0, 0.1) is 0 Å². The van der Waals surface area contributed by atoms with Crippen LogP contribution in [0.3, 0.4) is 0 Å². The van der Waals surface area contributed by atoms with Gasteiger partial charge in [0, 0.05) is 0 Å². The van der Waals surface area contributed by atoms with E-state index >= 15 is 0 Å². The van der Waals surface area contributed by atoms with Gasteiger partial charge in [-0.05, 0) is 62.2 Å². The van der Waals surface area contributed by atoms with Crippen molar-refractivity contribution < 1.29 is 47.9 Å². The van der Waals surface area contributed by atoms with Gasteiger partial charge in [0.05, 0.1) is 49.3 Å². The Morgan fingerprint density at radius 3 is 2.33 bits per heavy atom. The molecule has 0 unspecified atom stereocenters. The van der Waals surface area contributed by atoms with Crippen molar-refractivity contribution in [3.8, 4) is 23.0 Å². The van der Waals surface area contributed by atoms with E-state index in [1.165, 1.54) is 18.8 Å². The Hall–Kier alpha value is -5.11. The number of methoxy groups -OCH3 is 2. The van der Waals surface area contributed by atoms with Gasteiger partial charge < -0.3 is 33.5 Å². The average molecular weight is 641 g/mol. The molecule has 0 radical (unpaired) electrons. The minimum Gasteiger partial charge on any atom is -0.493 e. The molecule has 1 aliphatic heterocycles. The third-order valence-electron chi connectivity index (χ3n) is 6.51. The summed E-state index contributed by atoms with van der Waals surface area (Å²) in [6.07, 6.45) is 1.64. The minimum absolute atomic E-state index is 0.116. The van der Waals surface area contributed by atoms with Gasteiger partial charge in [-0.15, -0.1) is 0 Å². The molecule has 0 spiro atoms. The lowest BCUT2D eigenvalue weighted by atomic mass is 9.95. The van der Waals surface area contributed by atoms with E-state index in [1.807, 2.05) is 0 Å². The first-order valence-corrected chi connectivity index (χ1v) is 14.6. The molecule has 45 heavy (non-hydrogen) atoms. The zero-order valence-corrected chi connectivity index (χ0v) is 26.1. The van der Waals surface area contributed by atoms with Crippen LogP contribution in [0.1, 0.15) is 37.9 Å². The van der Waals surface area contributed by atoms with Crippen LogP contribution in [-0.2, 0) is 23.9 Å². The first-order chi connectivity index (χ1) is 21.6. The molecular formula is C31H32N2O11S. The summed E-state index contributed by atoms with van der Waals surface area (Å²) >= 11 is 1.13. The van der Waals surface area contributed by atoms with Crippen molar-refractivity contribution in [2.75, 3.05) is 40.6 Å². The Labute approximate surface area is 261 Å². The smallest absolute Gasteiger partial charge is 0.343 e. The lowest BCUT2D eigenvalue weighted by molar-refractivity contribution is -0.143. The third-order valence-corrected chi connectivity index (χ3v) is 7.49. The molecule has 2 heterocycles. The van der Waals surface area contributed by atoms with Crippen molar-refractivity contribution in [2.24, 2.45) is 4.99 Å². The highest BCUT2D eigenvalue weighted by Crippen LogP contribution is 2.36. The van der Waals surface area contributed by atoms with Crippen LogP contribution in [0.25, 0.3) is 6.08 Å². The number of allylic oxidation sites excluding steroid dienone is 1. The Balaban J connectivity index is 1.85. The summed E-state index contributed by atoms with van der Waals surface area (Å²) in [7, 11) is 2.67. The van der Waals surface area contributed by atoms with E-state index in [9.17, 15) is 19.2 Å². The van der Waals surface area contributed by atoms with Gasteiger partial charge in [0.15, 0.2) is 41.0 Å². The first kappa shape index (κ1) is 32.8. The summed E-state index contributed by atoms with van der Waals surface area (Å²) in [5, 5.41) is 8.93. The third kappa shape index (κ3) is 7.34. The summed E-state index contributed by atoms with van der Waals surface area (Å²) in [5.74, 6) is -1.23. The Bertz CT molecular complexity index is 1820. The van der Waals surface area contributed by atoms with Crippen LogP contribution in [0.5, 0.6) is 23.0 Å². The number of hydrogen-bond donors (Lipinski definition) is 1. The fourth-order valence-corrected chi connectivity index (χ4v) is 5.62. The Kier molecular flexibility index (Phi) is 10.6. The van der Waals surface area contributed by atoms with E-state index in [4.69, 9.17) is 28.8 Å². The SMILES string of the molecule is CCOC(=O)C1=C(C)N=c2s/c(=C\c3ccc(OCC(=O)O)c(OC)c3)c(=O)n2[C@@H]1c1ccc(OCC(=O)OC)c(OCC)c1. The zero-order chi connectivity index (χ0) is 32.7. The van der Waals surface area contributed by atoms with Gasteiger partial charge in [-0.2, -0.15) is 0 Å². The highest BCUT2D eigenvalue weighted by molar-refractivity contribution is 7.07. The molecule has 0 saturated heterocycles. The van der Waals surface area contributed by atoms with Gasteiger partial charge in [-0.25, -0.2) is 19.4 Å². The lowest BCUT2D eigenvalue weighted by Crippen LogP contribution is -2.40. The number of nitrogens with zero attached hydrogens (tertiary/aromatic N) is 2. The van der Waals surface area contributed by atoms with E-state index in [0.717, 1.165) is 11.3 Å². The molecule has 0 saturated carbocycles. The molecule has 0 fully saturated rings. The van der Waals surface area contributed by atoms with Crippen molar-refractivity contribution in [3.63, 3.8) is 0 Å². The molecule has 1 atom stereocenters. The lowest BCUT2D eigenvalue weighted by Gasteiger charge is -2.25. The number of benzene rings is 2. The number of thiazole rings is 1. The summed E-state index contributed by atoms with van der Waals surface area (Å²) in [5.41, 5.74) is 1.27.